The summed E-state index contributed by atoms with van der Waals surface area (Å²) in [6, 6.07) is 2.94. The molecule has 1 fully saturated rings. The summed E-state index contributed by atoms with van der Waals surface area (Å²) in [5, 5.41) is 25.9. The van der Waals surface area contributed by atoms with Crippen molar-refractivity contribution < 1.29 is 32.3 Å². The van der Waals surface area contributed by atoms with Crippen molar-refractivity contribution in [1.82, 2.24) is 25.3 Å². The van der Waals surface area contributed by atoms with Crippen LogP contribution in [0.4, 0.5) is 23.2 Å². The van der Waals surface area contributed by atoms with Crippen molar-refractivity contribution in [2.45, 2.75) is 56.7 Å². The maximum Gasteiger partial charge on any atom is 0.272 e. The number of aliphatic hydroxyl groups excluding tert-OH is 1. The molecular formula is C23H22F4N6O3. The molecule has 1 atom stereocenters. The Morgan fingerprint density at radius 2 is 1.97 bits per heavy atom. The summed E-state index contributed by atoms with van der Waals surface area (Å²) in [5.74, 6) is -6.73. The largest absolute Gasteiger partial charge is 0.378 e. The maximum atomic E-state index is 13.8. The highest BCUT2D eigenvalue weighted by Gasteiger charge is 2.60. The highest BCUT2D eigenvalue weighted by atomic mass is 19.3. The highest BCUT2D eigenvalue weighted by molar-refractivity contribution is 6.05. The van der Waals surface area contributed by atoms with E-state index in [2.05, 4.69) is 26.0 Å². The fraction of sp³-hybridized carbons (Fsp3) is 0.391. The third-order valence-electron chi connectivity index (χ3n) is 6.76. The van der Waals surface area contributed by atoms with Crippen molar-refractivity contribution in [3.8, 4) is 0 Å². The topological polar surface area (TPSA) is 125 Å². The van der Waals surface area contributed by atoms with Crippen LogP contribution in [0.25, 0.3) is 0 Å². The van der Waals surface area contributed by atoms with Crippen LogP contribution in [0.3, 0.4) is 0 Å². The van der Waals surface area contributed by atoms with E-state index in [9.17, 15) is 32.3 Å². The second kappa shape index (κ2) is 8.43. The van der Waals surface area contributed by atoms with Gasteiger partial charge in [0.2, 0.25) is 0 Å². The first-order chi connectivity index (χ1) is 17.0. The molecule has 2 aromatic heterocycles. The molecule has 1 saturated carbocycles. The fourth-order valence-corrected chi connectivity index (χ4v) is 5.20. The van der Waals surface area contributed by atoms with Gasteiger partial charge in [0.15, 0.2) is 17.7 Å². The van der Waals surface area contributed by atoms with E-state index in [0.717, 1.165) is 12.1 Å². The average molecular weight is 506 g/mol. The molecule has 2 aliphatic rings. The van der Waals surface area contributed by atoms with Gasteiger partial charge in [0.25, 0.3) is 17.7 Å². The molecule has 13 heteroatoms. The number of hydrogen-bond donors (Lipinski definition) is 4. The number of halogens is 4. The van der Waals surface area contributed by atoms with Gasteiger partial charge in [0, 0.05) is 42.4 Å². The van der Waals surface area contributed by atoms with Gasteiger partial charge in [-0.2, -0.15) is 15.4 Å². The van der Waals surface area contributed by atoms with Gasteiger partial charge in [-0.25, -0.2) is 17.6 Å². The predicted octanol–water partition coefficient (Wildman–Crippen LogP) is 2.87. The number of nitrogens with one attached hydrogen (secondary N) is 3. The minimum atomic E-state index is -3.00. The molecular weight excluding hydrogens is 484 g/mol. The Bertz CT molecular complexity index is 1350. The van der Waals surface area contributed by atoms with Crippen molar-refractivity contribution in [2.24, 2.45) is 0 Å². The smallest absolute Gasteiger partial charge is 0.272 e. The van der Waals surface area contributed by atoms with Crippen LogP contribution < -0.4 is 10.6 Å². The van der Waals surface area contributed by atoms with Crippen LogP contribution in [-0.2, 0) is 23.3 Å². The third-order valence-corrected chi connectivity index (χ3v) is 6.76. The van der Waals surface area contributed by atoms with E-state index in [0.29, 0.717) is 30.6 Å². The number of aromatic nitrogens is 4. The Balaban J connectivity index is 1.43. The second-order valence-corrected chi connectivity index (χ2v) is 9.21. The van der Waals surface area contributed by atoms with Crippen molar-refractivity contribution in [1.29, 1.82) is 0 Å². The lowest BCUT2D eigenvalue weighted by Crippen LogP contribution is -2.60. The van der Waals surface area contributed by atoms with Crippen molar-refractivity contribution >= 4 is 17.5 Å². The molecule has 190 valence electrons. The monoisotopic (exact) mass is 506 g/mol. The first-order valence-corrected chi connectivity index (χ1v) is 11.2. The standard InChI is InChI=1S/C23H22F4N6O3/c1-11-17(19(34)21(36)30-22(9-23(26,27)10-22)16-8-28-32-31-16)15-3-2-6-33(15)18(11)20(35)29-12-4-5-13(24)14(25)7-12/h4-5,7-8,19,34H,2-3,6,9-10H2,1H3,(H,29,35)(H,30,36)(H,28,31,32). The van der Waals surface area contributed by atoms with E-state index in [1.807, 2.05) is 0 Å². The number of hydrogen-bond acceptors (Lipinski definition) is 5. The van der Waals surface area contributed by atoms with Crippen LogP contribution in [0.2, 0.25) is 0 Å². The lowest BCUT2D eigenvalue weighted by atomic mass is 9.71. The summed E-state index contributed by atoms with van der Waals surface area (Å²) >= 11 is 0. The number of H-pyrrole nitrogens is 1. The summed E-state index contributed by atoms with van der Waals surface area (Å²) in [7, 11) is 0. The molecule has 0 radical (unpaired) electrons. The Morgan fingerprint density at radius 3 is 2.61 bits per heavy atom. The van der Waals surface area contributed by atoms with E-state index >= 15 is 0 Å². The van der Waals surface area contributed by atoms with Crippen LogP contribution in [0.5, 0.6) is 0 Å². The molecule has 2 amide bonds. The molecule has 9 nitrogen and oxygen atoms in total. The molecule has 1 aliphatic heterocycles. The average Bonchev–Trinajstić information content (AvgIpc) is 3.52. The molecule has 0 saturated heterocycles. The molecule has 5 rings (SSSR count). The SMILES string of the molecule is Cc1c(C(O)C(=O)NC2(c3cn[nH]n3)CC(F)(F)C2)c2n(c1C(=O)Nc1ccc(F)c(F)c1)CCC2. The minimum Gasteiger partial charge on any atom is -0.378 e. The van der Waals surface area contributed by atoms with Gasteiger partial charge >= 0.3 is 0 Å². The summed E-state index contributed by atoms with van der Waals surface area (Å²) in [5.41, 5.74) is -0.0659. The lowest BCUT2D eigenvalue weighted by molar-refractivity contribution is -0.155. The van der Waals surface area contributed by atoms with Crippen LogP contribution in [0.1, 0.15) is 58.4 Å². The van der Waals surface area contributed by atoms with Gasteiger partial charge in [-0.05, 0) is 37.5 Å². The molecule has 0 spiro atoms. The zero-order chi connectivity index (χ0) is 25.8. The number of aromatic amines is 1. The normalized spacial score (nSPS) is 18.3. The number of carbonyl (C=O) groups is 2. The molecule has 0 bridgehead atoms. The molecule has 1 unspecified atom stereocenters. The molecule has 3 heterocycles. The van der Waals surface area contributed by atoms with E-state index in [4.69, 9.17) is 0 Å². The molecule has 3 aromatic rings. The first-order valence-electron chi connectivity index (χ1n) is 11.2. The molecule has 36 heavy (non-hydrogen) atoms. The number of benzene rings is 1. The van der Waals surface area contributed by atoms with Gasteiger partial charge < -0.3 is 20.3 Å². The number of rotatable bonds is 6. The van der Waals surface area contributed by atoms with Gasteiger partial charge in [0.05, 0.1) is 11.7 Å². The van der Waals surface area contributed by atoms with E-state index in [1.54, 1.807) is 11.5 Å². The molecule has 4 N–H and O–H groups in total. The Morgan fingerprint density at radius 1 is 1.22 bits per heavy atom. The predicted molar refractivity (Wildman–Crippen MR) is 117 cm³/mol. The fourth-order valence-electron chi connectivity index (χ4n) is 5.20. The number of aliphatic hydroxyl groups is 1. The van der Waals surface area contributed by atoms with Crippen molar-refractivity contribution in [3.05, 3.63) is 64.2 Å². The highest BCUT2D eigenvalue weighted by Crippen LogP contribution is 2.51. The van der Waals surface area contributed by atoms with Crippen molar-refractivity contribution in [2.75, 3.05) is 5.32 Å². The van der Waals surface area contributed by atoms with Crippen LogP contribution in [0.15, 0.2) is 24.4 Å². The summed E-state index contributed by atoms with van der Waals surface area (Å²) in [6.07, 6.45) is -0.765. The van der Waals surface area contributed by atoms with Gasteiger partial charge in [-0.3, -0.25) is 9.59 Å². The van der Waals surface area contributed by atoms with Crippen LogP contribution in [-0.4, -0.2) is 42.8 Å². The van der Waals surface area contributed by atoms with E-state index in [-0.39, 0.29) is 22.6 Å². The van der Waals surface area contributed by atoms with E-state index in [1.165, 1.54) is 12.3 Å². The number of carbonyl (C=O) groups excluding carboxylic acids is 2. The molecule has 1 aliphatic carbocycles. The van der Waals surface area contributed by atoms with Crippen LogP contribution in [0, 0.1) is 18.6 Å². The Kier molecular flexibility index (Phi) is 5.62. The Labute approximate surface area is 201 Å². The first kappa shape index (κ1) is 24.0. The van der Waals surface area contributed by atoms with Crippen LogP contribution >= 0.6 is 0 Å². The maximum absolute atomic E-state index is 13.8. The van der Waals surface area contributed by atoms with Gasteiger partial charge in [-0.15, -0.1) is 0 Å². The van der Waals surface area contributed by atoms with Crippen molar-refractivity contribution in [3.63, 3.8) is 0 Å². The third kappa shape index (κ3) is 3.92. The zero-order valence-electron chi connectivity index (χ0n) is 19.0. The minimum absolute atomic E-state index is 0.0344. The van der Waals surface area contributed by atoms with Gasteiger partial charge in [0.1, 0.15) is 11.4 Å². The number of anilines is 1. The number of alkyl halides is 2. The number of nitrogens with zero attached hydrogens (tertiary/aromatic N) is 3. The lowest BCUT2D eigenvalue weighted by Gasteiger charge is -2.46. The Hall–Kier alpha value is -3.74. The summed E-state index contributed by atoms with van der Waals surface area (Å²) in [4.78, 5) is 26.2. The summed E-state index contributed by atoms with van der Waals surface area (Å²) in [6.45, 7) is 2.00. The zero-order valence-corrected chi connectivity index (χ0v) is 19.0. The molecule has 1 aromatic carbocycles. The number of fused-ring (bicyclic) bond motifs is 1. The quantitative estimate of drug-likeness (QED) is 0.383. The van der Waals surface area contributed by atoms with Gasteiger partial charge in [-0.1, -0.05) is 0 Å². The number of amides is 2. The van der Waals surface area contributed by atoms with E-state index < -0.39 is 53.9 Å². The second-order valence-electron chi connectivity index (χ2n) is 9.21. The summed E-state index contributed by atoms with van der Waals surface area (Å²) < 4.78 is 56.1.